The van der Waals surface area contributed by atoms with Gasteiger partial charge in [-0.05, 0) is 51.5 Å². The maximum Gasteiger partial charge on any atom is 0.471 e. The highest BCUT2D eigenvalue weighted by Gasteiger charge is 2.45. The first-order chi connectivity index (χ1) is 47.4. The molecule has 17 N–H and O–H groups in total. The molecule has 16 atom stereocenters. The van der Waals surface area contributed by atoms with Crippen LogP contribution in [0.2, 0.25) is 0 Å². The van der Waals surface area contributed by atoms with E-state index in [-0.39, 0.29) is 123 Å². The van der Waals surface area contributed by atoms with Gasteiger partial charge in [0.15, 0.2) is 18.9 Å². The van der Waals surface area contributed by atoms with Gasteiger partial charge in [-0.3, -0.25) is 33.0 Å². The van der Waals surface area contributed by atoms with E-state index in [1.54, 1.807) is 27.9 Å². The fourth-order valence-electron chi connectivity index (χ4n) is 10.2. The summed E-state index contributed by atoms with van der Waals surface area (Å²) in [5, 5.41) is 104. The van der Waals surface area contributed by atoms with E-state index in [1.165, 1.54) is 0 Å². The number of methoxy groups -OCH3 is 1. The number of rotatable bonds is 53. The maximum absolute atomic E-state index is 13.7. The van der Waals surface area contributed by atoms with Crippen molar-refractivity contribution in [3.05, 3.63) is 0 Å². The molecule has 0 aromatic heterocycles. The van der Waals surface area contributed by atoms with Crippen LogP contribution in [0.4, 0.5) is 0 Å². The van der Waals surface area contributed by atoms with Crippen LogP contribution in [0, 0.1) is 17.8 Å². The average molecular weight is 1460 g/mol. The third-order valence-corrected chi connectivity index (χ3v) is 17.3. The average Bonchev–Trinajstić information content (AvgIpc) is 0.862. The summed E-state index contributed by atoms with van der Waals surface area (Å²) in [4.78, 5) is 74.3. The quantitative estimate of drug-likeness (QED) is 0.0190. The van der Waals surface area contributed by atoms with E-state index in [4.69, 9.17) is 58.0 Å². The highest BCUT2D eigenvalue weighted by atomic mass is 31.2. The monoisotopic (exact) mass is 1460 g/mol. The Bertz CT molecular complexity index is 1990. The lowest BCUT2D eigenvalue weighted by atomic mass is 9.92. The van der Waals surface area contributed by atoms with Crippen molar-refractivity contribution < 1.29 is 136 Å². The van der Waals surface area contributed by atoms with Gasteiger partial charge in [-0.15, -0.1) is 0 Å². The molecule has 0 spiro atoms. The van der Waals surface area contributed by atoms with Gasteiger partial charge in [0.05, 0.1) is 104 Å². The molecule has 35 heteroatoms. The van der Waals surface area contributed by atoms with Crippen LogP contribution in [-0.4, -0.2) is 299 Å². The van der Waals surface area contributed by atoms with Gasteiger partial charge < -0.3 is 131 Å². The number of aliphatic hydroxyl groups excluding tert-OH is 9. The Morgan fingerprint density at radius 2 is 0.778 bits per heavy atom. The summed E-state index contributed by atoms with van der Waals surface area (Å²) < 4.78 is 76.6. The summed E-state index contributed by atoms with van der Waals surface area (Å²) in [6.07, 6.45) is -3.51. The fraction of sp³-hybridized carbons (Fsp3) is 0.922. The second-order valence-corrected chi connectivity index (χ2v) is 26.0. The number of unbranched alkanes of at least 4 members (excludes halogenated alkanes) is 8. The number of nitrogens with two attached hydrogens (primary N) is 1. The normalized spacial score (nSPS) is 26.5. The van der Waals surface area contributed by atoms with E-state index in [0.29, 0.717) is 45.4 Å². The molecule has 5 amide bonds. The van der Waals surface area contributed by atoms with Crippen LogP contribution in [0.3, 0.4) is 0 Å². The van der Waals surface area contributed by atoms with Crippen molar-refractivity contribution in [2.75, 3.05) is 139 Å². The SMILES string of the molecule is CC.COCCCCCCCCNC(=O)CC(=O)NC(COCCC(=O)NCCCO[C@@H]1OC(CO)[C@H](O)[C@H](O)C1C)(COCCC(=O)NCCCO[C@@H]1OC(CO)[C@H](O)[C@H](O)C1C)COCCC(=O)NCCCO[C@@H]1OC(CO)[C@H](O)[C@H](O)C1C.COP(=O)(O)OCCCCCCN. The summed E-state index contributed by atoms with van der Waals surface area (Å²) >= 11 is 0. The van der Waals surface area contributed by atoms with Crippen molar-refractivity contribution in [2.24, 2.45) is 23.5 Å². The minimum absolute atomic E-state index is 0.120. The number of phosphoric ester groups is 1. The number of phosphoric acid groups is 1. The number of hydrogen-bond donors (Lipinski definition) is 16. The molecule has 3 aliphatic rings. The van der Waals surface area contributed by atoms with Gasteiger partial charge in [0.25, 0.3) is 0 Å². The Morgan fingerprint density at radius 3 is 1.13 bits per heavy atom. The number of carbonyl (C=O) groups excluding carboxylic acids is 5. The molecule has 0 radical (unpaired) electrons. The summed E-state index contributed by atoms with van der Waals surface area (Å²) in [5.74, 6) is -4.13. The first kappa shape index (κ1) is 93.7. The van der Waals surface area contributed by atoms with Crippen LogP contribution in [0.5, 0.6) is 0 Å². The van der Waals surface area contributed by atoms with E-state index in [0.717, 1.165) is 64.9 Å². The van der Waals surface area contributed by atoms with Crippen molar-refractivity contribution in [3.8, 4) is 0 Å². The number of carbonyl (C=O) groups is 5. The number of amides is 5. The Hall–Kier alpha value is -3.34. The first-order valence-corrected chi connectivity index (χ1v) is 36.5. The van der Waals surface area contributed by atoms with Crippen molar-refractivity contribution in [1.29, 1.82) is 0 Å². The molecule has 0 aromatic rings. The van der Waals surface area contributed by atoms with Crippen LogP contribution in [0.1, 0.15) is 144 Å². The molecule has 99 heavy (non-hydrogen) atoms. The third-order valence-electron chi connectivity index (χ3n) is 16.3. The molecule has 0 aliphatic carbocycles. The van der Waals surface area contributed by atoms with Gasteiger partial charge in [-0.2, -0.15) is 0 Å². The molecule has 7 unspecified atom stereocenters. The van der Waals surface area contributed by atoms with Crippen LogP contribution >= 0.6 is 7.82 Å². The largest absolute Gasteiger partial charge is 0.471 e. The summed E-state index contributed by atoms with van der Waals surface area (Å²) in [6, 6.07) is 0. The Morgan fingerprint density at radius 1 is 0.444 bits per heavy atom. The van der Waals surface area contributed by atoms with Crippen molar-refractivity contribution >= 4 is 37.4 Å². The van der Waals surface area contributed by atoms with Crippen LogP contribution in [0.15, 0.2) is 0 Å². The maximum atomic E-state index is 13.7. The summed E-state index contributed by atoms with van der Waals surface area (Å²) in [5.41, 5.74) is 3.77. The Kier molecular flexibility index (Phi) is 53.1. The predicted octanol–water partition coefficient (Wildman–Crippen LogP) is -1.36. The van der Waals surface area contributed by atoms with Crippen LogP contribution < -0.4 is 32.3 Å². The van der Waals surface area contributed by atoms with Gasteiger partial charge in [0, 0.05) is 84.0 Å². The van der Waals surface area contributed by atoms with Gasteiger partial charge in [0.2, 0.25) is 29.5 Å². The molecule has 584 valence electrons. The van der Waals surface area contributed by atoms with Crippen molar-refractivity contribution in [2.45, 2.75) is 223 Å². The lowest BCUT2D eigenvalue weighted by Crippen LogP contribution is -2.59. The van der Waals surface area contributed by atoms with Gasteiger partial charge in [-0.25, -0.2) is 4.57 Å². The minimum Gasteiger partial charge on any atom is -0.394 e. The fourth-order valence-corrected chi connectivity index (χ4v) is 10.7. The Balaban J connectivity index is 0.00000291. The van der Waals surface area contributed by atoms with Crippen LogP contribution in [0.25, 0.3) is 0 Å². The van der Waals surface area contributed by atoms with Gasteiger partial charge in [0.1, 0.15) is 48.6 Å². The van der Waals surface area contributed by atoms with E-state index in [1.807, 2.05) is 13.8 Å². The number of aliphatic hydroxyl groups is 9. The lowest BCUT2D eigenvalue weighted by Gasteiger charge is -2.40. The van der Waals surface area contributed by atoms with Gasteiger partial charge in [-0.1, -0.05) is 73.1 Å². The molecule has 0 saturated carbocycles. The third kappa shape index (κ3) is 39.9. The number of ether oxygens (including phenoxy) is 10. The van der Waals surface area contributed by atoms with Crippen molar-refractivity contribution in [3.63, 3.8) is 0 Å². The summed E-state index contributed by atoms with van der Waals surface area (Å²) in [7, 11) is -0.941. The van der Waals surface area contributed by atoms with E-state index in [9.17, 15) is 74.5 Å². The van der Waals surface area contributed by atoms with Gasteiger partial charge >= 0.3 is 7.82 Å². The zero-order chi connectivity index (χ0) is 74.0. The molecule has 3 rings (SSSR count). The highest BCUT2D eigenvalue weighted by Crippen LogP contribution is 2.42. The predicted molar refractivity (Wildman–Crippen MR) is 358 cm³/mol. The van der Waals surface area contributed by atoms with E-state index in [2.05, 4.69) is 35.6 Å². The molecule has 0 aromatic carbocycles. The van der Waals surface area contributed by atoms with Crippen molar-refractivity contribution in [1.82, 2.24) is 26.6 Å². The minimum atomic E-state index is -3.75. The summed E-state index contributed by atoms with van der Waals surface area (Å²) in [6.45, 7) is 9.01. The van der Waals surface area contributed by atoms with E-state index < -0.39 is 143 Å². The number of hydrogen-bond acceptors (Lipinski definition) is 28. The zero-order valence-corrected chi connectivity index (χ0v) is 60.4. The van der Waals surface area contributed by atoms with Crippen LogP contribution in [-0.2, 0) is 85.0 Å². The van der Waals surface area contributed by atoms with E-state index >= 15 is 0 Å². The smallest absolute Gasteiger partial charge is 0.394 e. The molecule has 3 heterocycles. The molecule has 3 fully saturated rings. The molecular weight excluding hydrogens is 1330 g/mol. The highest BCUT2D eigenvalue weighted by molar-refractivity contribution is 7.47. The molecule has 3 saturated heterocycles. The molecule has 0 bridgehead atoms. The molecule has 34 nitrogen and oxygen atoms in total. The standard InChI is InChI=1S/C55H101N5O24.C7H18NO4P.C2H6/c1-35-46(69)49(72)38(29-61)82-52(35)79-22-11-18-56-41(64)14-25-76-32-55(60-45(68)28-44(67)59-17-9-7-5-6-8-10-21-75-4,33-77-26-15-42(65)57-19-12-23-80-53-36(2)47(70)50(73)39(30-62)83-53)34-78-27-16-43(66)58-20-13-24-81-54-37(3)48(71)51(74)40(31-63)84-54;1-11-13(9,10)12-7-5-3-2-4-6-8;1-2/h35-40,46-54,61-63,69-74H,5-34H2,1-4H3,(H,56,64)(H,57,65)(H,58,66)(H,59,67)(H,60,68);2-8H2,1H3,(H,9,10);1-2H3/t35?,36?,37?,38?,39?,40?,46-,47-,48-,49+,50+,51+,52-,53-,54-,55?;;/m1../s1. The lowest BCUT2D eigenvalue weighted by molar-refractivity contribution is -0.282. The molecule has 3 aliphatic heterocycles. The number of nitrogens with one attached hydrogen (secondary N) is 5. The molecular formula is C64H125N6O28P. The Labute approximate surface area is 583 Å². The zero-order valence-electron chi connectivity index (χ0n) is 59.5. The first-order valence-electron chi connectivity index (χ1n) is 35.0. The second kappa shape index (κ2) is 56.1. The topological polar surface area (TPSA) is 502 Å². The second-order valence-electron chi connectivity index (χ2n) is 24.5.